The Morgan fingerprint density at radius 1 is 0.756 bits per heavy atom. The number of nitrogens with zero attached hydrogens (tertiary/aromatic N) is 2. The molecule has 1 N–H and O–H groups in total. The van der Waals surface area contributed by atoms with Gasteiger partial charge in [0, 0.05) is 25.6 Å². The molecule has 4 fully saturated rings. The van der Waals surface area contributed by atoms with E-state index in [0.717, 1.165) is 57.7 Å². The number of carbonyl (C=O) groups is 1. The first-order valence-electron chi connectivity index (χ1n) is 18.6. The van der Waals surface area contributed by atoms with Crippen LogP contribution in [0.2, 0.25) is 0 Å². The molecule has 2 atom stereocenters. The fourth-order valence-corrected chi connectivity index (χ4v) is 10.6. The molecule has 4 aliphatic rings. The van der Waals surface area contributed by atoms with Gasteiger partial charge in [0.05, 0.1) is 0 Å². The fourth-order valence-electron chi connectivity index (χ4n) is 10.6. The molecule has 0 radical (unpaired) electrons. The van der Waals surface area contributed by atoms with Gasteiger partial charge in [0.2, 0.25) is 0 Å². The van der Waals surface area contributed by atoms with Gasteiger partial charge in [-0.25, -0.2) is 0 Å². The first-order chi connectivity index (χ1) is 21.8. The van der Waals surface area contributed by atoms with Gasteiger partial charge in [-0.15, -0.1) is 0 Å². The number of benzene rings is 2. The van der Waals surface area contributed by atoms with Crippen molar-refractivity contribution in [2.75, 3.05) is 32.7 Å². The number of likely N-dealkylation sites (tertiary alicyclic amines) is 2. The third-order valence-electron chi connectivity index (χ3n) is 12.6. The quantitative estimate of drug-likeness (QED) is 0.275. The molecule has 0 unspecified atom stereocenters. The van der Waals surface area contributed by atoms with Crippen LogP contribution in [0.4, 0.5) is 0 Å². The predicted molar refractivity (Wildman–Crippen MR) is 185 cm³/mol. The molecule has 0 bridgehead atoms. The first-order valence-corrected chi connectivity index (χ1v) is 18.6. The molecule has 2 saturated heterocycles. The van der Waals surface area contributed by atoms with Crippen molar-refractivity contribution in [3.8, 4) is 0 Å². The normalized spacial score (nSPS) is 25.5. The molecule has 2 aliphatic carbocycles. The predicted octanol–water partition coefficient (Wildman–Crippen LogP) is 9.06. The van der Waals surface area contributed by atoms with Crippen LogP contribution in [-0.2, 0) is 11.2 Å². The van der Waals surface area contributed by atoms with Crippen molar-refractivity contribution < 1.29 is 9.90 Å². The van der Waals surface area contributed by atoms with Crippen LogP contribution in [0.3, 0.4) is 0 Å². The Kier molecular flexibility index (Phi) is 10.7. The molecular formula is C41H60N2O2. The number of rotatable bonds is 11. The SMILES string of the molecule is CC(C)(Cc1ccccc1)CC1CCN(C[C@H]2CN(C(C(=O)O)(C3CCCCC3)C3CCCCC3)C[C@@H]2c2ccccc2)CC1. The Morgan fingerprint density at radius 2 is 1.31 bits per heavy atom. The summed E-state index contributed by atoms with van der Waals surface area (Å²) in [5.74, 6) is 1.74. The highest BCUT2D eigenvalue weighted by molar-refractivity contribution is 5.80. The fraction of sp³-hybridized carbons (Fsp3) is 0.683. The van der Waals surface area contributed by atoms with Gasteiger partial charge in [-0.3, -0.25) is 9.69 Å². The second-order valence-corrected chi connectivity index (χ2v) is 16.3. The van der Waals surface area contributed by atoms with Gasteiger partial charge in [-0.05, 0) is 105 Å². The highest BCUT2D eigenvalue weighted by Gasteiger charge is 2.58. The second kappa shape index (κ2) is 14.7. The highest BCUT2D eigenvalue weighted by atomic mass is 16.4. The largest absolute Gasteiger partial charge is 0.480 e. The van der Waals surface area contributed by atoms with E-state index in [4.69, 9.17) is 0 Å². The van der Waals surface area contributed by atoms with E-state index in [9.17, 15) is 9.90 Å². The molecule has 4 heteroatoms. The standard InChI is InChI=1S/C41H60N2O2/c1-40(2,27-32-15-7-3-8-16-32)28-33-23-25-42(26-24-33)29-35-30-43(31-38(35)34-17-9-4-10-18-34)41(39(44)45,36-19-11-5-12-20-36)37-21-13-6-14-22-37/h3-4,7-10,15-18,33,35-38H,5-6,11-14,19-31H2,1-2H3,(H,44,45)/t35-,38+/m0/s1. The molecule has 246 valence electrons. The van der Waals surface area contributed by atoms with Crippen LogP contribution in [0.15, 0.2) is 60.7 Å². The Bertz CT molecular complexity index is 1170. The van der Waals surface area contributed by atoms with Crippen LogP contribution in [0.5, 0.6) is 0 Å². The van der Waals surface area contributed by atoms with E-state index in [1.54, 1.807) is 0 Å². The van der Waals surface area contributed by atoms with E-state index in [1.165, 1.54) is 82.0 Å². The van der Waals surface area contributed by atoms with Crippen LogP contribution in [0, 0.1) is 29.1 Å². The number of aliphatic carboxylic acids is 1. The van der Waals surface area contributed by atoms with Crippen LogP contribution >= 0.6 is 0 Å². The molecule has 4 nitrogen and oxygen atoms in total. The Morgan fingerprint density at radius 3 is 1.87 bits per heavy atom. The zero-order valence-electron chi connectivity index (χ0n) is 28.3. The van der Waals surface area contributed by atoms with E-state index < -0.39 is 11.5 Å². The lowest BCUT2D eigenvalue weighted by molar-refractivity contribution is -0.164. The maximum Gasteiger partial charge on any atom is 0.324 e. The number of hydrogen-bond donors (Lipinski definition) is 1. The molecule has 45 heavy (non-hydrogen) atoms. The first kappa shape index (κ1) is 32.8. The van der Waals surface area contributed by atoms with E-state index in [-0.39, 0.29) is 11.8 Å². The number of carboxylic acid groups (broad SMARTS) is 1. The van der Waals surface area contributed by atoms with Crippen molar-refractivity contribution >= 4 is 5.97 Å². The average Bonchev–Trinajstić information content (AvgIpc) is 3.47. The van der Waals surface area contributed by atoms with Gasteiger partial charge in [-0.2, -0.15) is 0 Å². The summed E-state index contributed by atoms with van der Waals surface area (Å²) >= 11 is 0. The Balaban J connectivity index is 1.17. The van der Waals surface area contributed by atoms with Crippen molar-refractivity contribution in [3.05, 3.63) is 71.8 Å². The summed E-state index contributed by atoms with van der Waals surface area (Å²) in [4.78, 5) is 19.1. The zero-order chi connectivity index (χ0) is 31.3. The van der Waals surface area contributed by atoms with Gasteiger partial charge in [0.25, 0.3) is 0 Å². The molecule has 2 aliphatic heterocycles. The molecule has 0 amide bonds. The second-order valence-electron chi connectivity index (χ2n) is 16.3. The summed E-state index contributed by atoms with van der Waals surface area (Å²) in [5, 5.41) is 11.3. The Labute approximate surface area is 274 Å². The smallest absolute Gasteiger partial charge is 0.324 e. The number of piperidine rings is 1. The van der Waals surface area contributed by atoms with Crippen molar-refractivity contribution in [2.24, 2.45) is 29.1 Å². The van der Waals surface area contributed by atoms with Crippen LogP contribution < -0.4 is 0 Å². The lowest BCUT2D eigenvalue weighted by atomic mass is 9.63. The van der Waals surface area contributed by atoms with Crippen molar-refractivity contribution in [2.45, 2.75) is 115 Å². The monoisotopic (exact) mass is 612 g/mol. The minimum atomic E-state index is -0.694. The molecule has 2 heterocycles. The summed E-state index contributed by atoms with van der Waals surface area (Å²) in [6.07, 6.45) is 16.7. The van der Waals surface area contributed by atoms with Gasteiger partial charge in [0.1, 0.15) is 5.54 Å². The van der Waals surface area contributed by atoms with Crippen molar-refractivity contribution in [3.63, 3.8) is 0 Å². The number of hydrogen-bond acceptors (Lipinski definition) is 3. The van der Waals surface area contributed by atoms with Crippen LogP contribution in [0.1, 0.15) is 114 Å². The van der Waals surface area contributed by atoms with Crippen molar-refractivity contribution in [1.29, 1.82) is 0 Å². The van der Waals surface area contributed by atoms with Gasteiger partial charge in [-0.1, -0.05) is 113 Å². The van der Waals surface area contributed by atoms with E-state index in [0.29, 0.717) is 17.3 Å². The molecule has 6 rings (SSSR count). The van der Waals surface area contributed by atoms with E-state index >= 15 is 0 Å². The van der Waals surface area contributed by atoms with Gasteiger partial charge < -0.3 is 10.0 Å². The maximum atomic E-state index is 13.8. The minimum Gasteiger partial charge on any atom is -0.480 e. The summed E-state index contributed by atoms with van der Waals surface area (Å²) in [5.41, 5.74) is 2.49. The lowest BCUT2D eigenvalue weighted by Crippen LogP contribution is -2.64. The lowest BCUT2D eigenvalue weighted by Gasteiger charge is -2.51. The highest BCUT2D eigenvalue weighted by Crippen LogP contribution is 2.50. The van der Waals surface area contributed by atoms with E-state index in [2.05, 4.69) is 84.3 Å². The molecule has 2 aromatic carbocycles. The third-order valence-corrected chi connectivity index (χ3v) is 12.6. The van der Waals surface area contributed by atoms with Crippen LogP contribution in [0.25, 0.3) is 0 Å². The van der Waals surface area contributed by atoms with E-state index in [1.807, 2.05) is 0 Å². The summed E-state index contributed by atoms with van der Waals surface area (Å²) in [7, 11) is 0. The Hall–Kier alpha value is -2.17. The van der Waals surface area contributed by atoms with Crippen molar-refractivity contribution in [1.82, 2.24) is 9.80 Å². The summed E-state index contributed by atoms with van der Waals surface area (Å²) in [6.45, 7) is 10.2. The topological polar surface area (TPSA) is 43.8 Å². The summed E-state index contributed by atoms with van der Waals surface area (Å²) in [6, 6.07) is 22.1. The molecular weight excluding hydrogens is 552 g/mol. The third kappa shape index (κ3) is 7.54. The van der Waals surface area contributed by atoms with Gasteiger partial charge >= 0.3 is 5.97 Å². The zero-order valence-corrected chi connectivity index (χ0v) is 28.3. The maximum absolute atomic E-state index is 13.8. The minimum absolute atomic E-state index is 0.289. The van der Waals surface area contributed by atoms with Gasteiger partial charge in [0.15, 0.2) is 0 Å². The summed E-state index contributed by atoms with van der Waals surface area (Å²) < 4.78 is 0. The molecule has 0 spiro atoms. The molecule has 2 saturated carbocycles. The molecule has 0 aromatic heterocycles. The molecule has 2 aromatic rings. The van der Waals surface area contributed by atoms with Crippen LogP contribution in [-0.4, -0.2) is 59.1 Å². The number of carboxylic acids is 1. The average molecular weight is 613 g/mol.